The third kappa shape index (κ3) is 2.82. The molecule has 1 aromatic rings. The summed E-state index contributed by atoms with van der Waals surface area (Å²) in [4.78, 5) is 25.3. The van der Waals surface area contributed by atoms with Crippen LogP contribution in [0, 0.1) is 0 Å². The summed E-state index contributed by atoms with van der Waals surface area (Å²) in [6.45, 7) is 2.45. The van der Waals surface area contributed by atoms with E-state index >= 15 is 0 Å². The van der Waals surface area contributed by atoms with Gasteiger partial charge >= 0.3 is 5.97 Å². The summed E-state index contributed by atoms with van der Waals surface area (Å²) in [7, 11) is 0. The second-order valence-corrected chi connectivity index (χ2v) is 5.09. The number of rotatable bonds is 5. The van der Waals surface area contributed by atoms with Crippen LogP contribution in [-0.2, 0) is 9.59 Å². The molecule has 5 nitrogen and oxygen atoms in total. The molecule has 1 fully saturated rings. The molecule has 2 N–H and O–H groups in total. The molecule has 1 heterocycles. The number of anilines is 1. The quantitative estimate of drug-likeness (QED) is 0.857. The number of carboxylic acid groups (broad SMARTS) is 1. The van der Waals surface area contributed by atoms with E-state index in [0.29, 0.717) is 12.1 Å². The van der Waals surface area contributed by atoms with Gasteiger partial charge in [-0.3, -0.25) is 14.5 Å². The van der Waals surface area contributed by atoms with Gasteiger partial charge in [-0.25, -0.2) is 0 Å². The van der Waals surface area contributed by atoms with Crippen LogP contribution >= 0.6 is 0 Å². The first kappa shape index (κ1) is 14.5. The van der Waals surface area contributed by atoms with E-state index in [1.54, 1.807) is 24.3 Å². The SMILES string of the molecule is CCC1(C(=O)N(CC(=O)O)c2ccccc2)CCCN1. The van der Waals surface area contributed by atoms with Gasteiger partial charge in [0.05, 0.1) is 5.54 Å². The minimum Gasteiger partial charge on any atom is -0.480 e. The number of carbonyl (C=O) groups is 2. The van der Waals surface area contributed by atoms with Crippen LogP contribution in [0.5, 0.6) is 0 Å². The molecule has 0 radical (unpaired) electrons. The van der Waals surface area contributed by atoms with E-state index in [0.717, 1.165) is 19.4 Å². The maximum absolute atomic E-state index is 12.8. The Morgan fingerprint density at radius 3 is 2.55 bits per heavy atom. The highest BCUT2D eigenvalue weighted by atomic mass is 16.4. The molecule has 0 bridgehead atoms. The topological polar surface area (TPSA) is 69.6 Å². The first-order chi connectivity index (χ1) is 9.59. The summed E-state index contributed by atoms with van der Waals surface area (Å²) in [5, 5.41) is 12.3. The highest BCUT2D eigenvalue weighted by molar-refractivity contribution is 6.03. The lowest BCUT2D eigenvalue weighted by Crippen LogP contribution is -2.55. The molecule has 2 rings (SSSR count). The van der Waals surface area contributed by atoms with Gasteiger partial charge < -0.3 is 10.4 Å². The highest BCUT2D eigenvalue weighted by Crippen LogP contribution is 2.28. The van der Waals surface area contributed by atoms with Crippen molar-refractivity contribution in [2.45, 2.75) is 31.7 Å². The fourth-order valence-corrected chi connectivity index (χ4v) is 2.72. The number of hydrogen-bond donors (Lipinski definition) is 2. The van der Waals surface area contributed by atoms with Gasteiger partial charge in [-0.2, -0.15) is 0 Å². The molecular formula is C15H20N2O3. The number of aliphatic carboxylic acids is 1. The van der Waals surface area contributed by atoms with Crippen molar-refractivity contribution >= 4 is 17.6 Å². The molecule has 1 saturated heterocycles. The Balaban J connectivity index is 2.31. The van der Waals surface area contributed by atoms with Gasteiger partial charge in [-0.1, -0.05) is 25.1 Å². The van der Waals surface area contributed by atoms with E-state index < -0.39 is 11.5 Å². The van der Waals surface area contributed by atoms with Crippen molar-refractivity contribution in [1.29, 1.82) is 0 Å². The van der Waals surface area contributed by atoms with E-state index in [1.807, 2.05) is 13.0 Å². The molecule has 0 saturated carbocycles. The van der Waals surface area contributed by atoms with Crippen molar-refractivity contribution in [2.75, 3.05) is 18.0 Å². The Morgan fingerprint density at radius 2 is 2.05 bits per heavy atom. The molecule has 5 heteroatoms. The molecule has 0 spiro atoms. The van der Waals surface area contributed by atoms with Gasteiger partial charge in [0.15, 0.2) is 0 Å². The van der Waals surface area contributed by atoms with E-state index in [-0.39, 0.29) is 12.5 Å². The van der Waals surface area contributed by atoms with Crippen LogP contribution < -0.4 is 10.2 Å². The van der Waals surface area contributed by atoms with Gasteiger partial charge in [-0.05, 0) is 37.9 Å². The number of para-hydroxylation sites is 1. The Morgan fingerprint density at radius 1 is 1.35 bits per heavy atom. The minimum absolute atomic E-state index is 0.147. The molecule has 1 amide bonds. The summed E-state index contributed by atoms with van der Waals surface area (Å²) in [6, 6.07) is 8.98. The van der Waals surface area contributed by atoms with E-state index in [1.165, 1.54) is 4.90 Å². The molecule has 1 aliphatic rings. The number of amides is 1. The third-order valence-corrected chi connectivity index (χ3v) is 3.86. The largest absolute Gasteiger partial charge is 0.480 e. The Labute approximate surface area is 118 Å². The molecule has 1 aromatic carbocycles. The standard InChI is InChI=1S/C15H20N2O3/c1-2-15(9-6-10-16-15)14(20)17(11-13(18)19)12-7-4-3-5-8-12/h3-5,7-8,16H,2,6,9-11H2,1H3,(H,18,19). The van der Waals surface area contributed by atoms with E-state index in [2.05, 4.69) is 5.32 Å². The lowest BCUT2D eigenvalue weighted by molar-refractivity contribution is -0.137. The van der Waals surface area contributed by atoms with Gasteiger partial charge in [0.25, 0.3) is 0 Å². The zero-order valence-electron chi connectivity index (χ0n) is 11.6. The van der Waals surface area contributed by atoms with Crippen LogP contribution in [0.4, 0.5) is 5.69 Å². The number of hydrogen-bond acceptors (Lipinski definition) is 3. The summed E-state index contributed by atoms with van der Waals surface area (Å²) < 4.78 is 0. The number of carbonyl (C=O) groups excluding carboxylic acids is 1. The number of nitrogens with zero attached hydrogens (tertiary/aromatic N) is 1. The fraction of sp³-hybridized carbons (Fsp3) is 0.467. The van der Waals surface area contributed by atoms with Gasteiger partial charge in [-0.15, -0.1) is 0 Å². The van der Waals surface area contributed by atoms with Crippen molar-refractivity contribution in [1.82, 2.24) is 5.32 Å². The zero-order chi connectivity index (χ0) is 14.6. The highest BCUT2D eigenvalue weighted by Gasteiger charge is 2.42. The van der Waals surface area contributed by atoms with Crippen molar-refractivity contribution in [2.24, 2.45) is 0 Å². The van der Waals surface area contributed by atoms with Crippen LogP contribution in [-0.4, -0.2) is 35.6 Å². The lowest BCUT2D eigenvalue weighted by atomic mass is 9.92. The molecule has 0 aromatic heterocycles. The van der Waals surface area contributed by atoms with Gasteiger partial charge in [0.2, 0.25) is 5.91 Å². The van der Waals surface area contributed by atoms with E-state index in [4.69, 9.17) is 5.11 Å². The van der Waals surface area contributed by atoms with Crippen molar-refractivity contribution in [3.63, 3.8) is 0 Å². The predicted octanol–water partition coefficient (Wildman–Crippen LogP) is 1.64. The molecule has 108 valence electrons. The average molecular weight is 276 g/mol. The molecule has 1 atom stereocenters. The molecule has 20 heavy (non-hydrogen) atoms. The monoisotopic (exact) mass is 276 g/mol. The number of nitrogens with one attached hydrogen (secondary N) is 1. The summed E-state index contributed by atoms with van der Waals surface area (Å²) >= 11 is 0. The van der Waals surface area contributed by atoms with Crippen LogP contribution in [0.1, 0.15) is 26.2 Å². The summed E-state index contributed by atoms with van der Waals surface area (Å²) in [5.41, 5.74) is 0.00657. The van der Waals surface area contributed by atoms with Crippen LogP contribution in [0.25, 0.3) is 0 Å². The van der Waals surface area contributed by atoms with Crippen LogP contribution in [0.2, 0.25) is 0 Å². The number of benzene rings is 1. The third-order valence-electron chi connectivity index (χ3n) is 3.86. The second-order valence-electron chi connectivity index (χ2n) is 5.09. The first-order valence-electron chi connectivity index (χ1n) is 6.93. The lowest BCUT2D eigenvalue weighted by Gasteiger charge is -2.33. The van der Waals surface area contributed by atoms with Crippen molar-refractivity contribution in [3.8, 4) is 0 Å². The summed E-state index contributed by atoms with van der Waals surface area (Å²) in [6.07, 6.45) is 2.36. The molecule has 1 aliphatic heterocycles. The van der Waals surface area contributed by atoms with E-state index in [9.17, 15) is 9.59 Å². The van der Waals surface area contributed by atoms with Crippen molar-refractivity contribution in [3.05, 3.63) is 30.3 Å². The van der Waals surface area contributed by atoms with Gasteiger partial charge in [0.1, 0.15) is 6.54 Å². The van der Waals surface area contributed by atoms with Crippen LogP contribution in [0.3, 0.4) is 0 Å². The average Bonchev–Trinajstić information content (AvgIpc) is 2.95. The zero-order valence-corrected chi connectivity index (χ0v) is 11.6. The second kappa shape index (κ2) is 6.05. The maximum Gasteiger partial charge on any atom is 0.323 e. The minimum atomic E-state index is -1.01. The normalized spacial score (nSPS) is 21.6. The molecular weight excluding hydrogens is 256 g/mol. The number of carboxylic acids is 1. The fourth-order valence-electron chi connectivity index (χ4n) is 2.72. The smallest absolute Gasteiger partial charge is 0.323 e. The Hall–Kier alpha value is -1.88. The van der Waals surface area contributed by atoms with Crippen molar-refractivity contribution < 1.29 is 14.7 Å². The molecule has 0 aliphatic carbocycles. The molecule has 1 unspecified atom stereocenters. The first-order valence-corrected chi connectivity index (χ1v) is 6.93. The van der Waals surface area contributed by atoms with Crippen LogP contribution in [0.15, 0.2) is 30.3 Å². The van der Waals surface area contributed by atoms with Gasteiger partial charge in [0, 0.05) is 5.69 Å². The summed E-state index contributed by atoms with van der Waals surface area (Å²) in [5.74, 6) is -1.16. The predicted molar refractivity (Wildman–Crippen MR) is 76.7 cm³/mol. The Bertz CT molecular complexity index is 481. The Kier molecular flexibility index (Phi) is 4.39. The maximum atomic E-state index is 12.8.